The lowest BCUT2D eigenvalue weighted by molar-refractivity contribution is -0.140. The Morgan fingerprint density at radius 3 is 2.70 bits per heavy atom. The van der Waals surface area contributed by atoms with Crippen molar-refractivity contribution in [1.29, 1.82) is 5.26 Å². The Labute approximate surface area is 172 Å². The van der Waals surface area contributed by atoms with Gasteiger partial charge >= 0.3 is 5.97 Å². The number of fused-ring (bicyclic) bond motifs is 1. The molecule has 2 aliphatic heterocycles. The summed E-state index contributed by atoms with van der Waals surface area (Å²) in [6, 6.07) is 10.7. The number of benzene rings is 1. The maximum Gasteiger partial charge on any atom is 0.338 e. The third-order valence-electron chi connectivity index (χ3n) is 5.16. The Morgan fingerprint density at radius 1 is 1.17 bits per heavy atom. The molecule has 1 aromatic heterocycles. The van der Waals surface area contributed by atoms with E-state index >= 15 is 0 Å². The van der Waals surface area contributed by atoms with E-state index in [0.717, 1.165) is 10.5 Å². The molecular weight excluding hydrogens is 384 g/mol. The maximum atomic E-state index is 12.8. The number of hydrogen-bond acceptors (Lipinski definition) is 6. The van der Waals surface area contributed by atoms with E-state index in [-0.39, 0.29) is 30.3 Å². The smallest absolute Gasteiger partial charge is 0.338 e. The molecule has 150 valence electrons. The van der Waals surface area contributed by atoms with Crippen molar-refractivity contribution in [2.75, 3.05) is 6.54 Å². The summed E-state index contributed by atoms with van der Waals surface area (Å²) in [4.78, 5) is 38.1. The van der Waals surface area contributed by atoms with Crippen LogP contribution >= 0.6 is 0 Å². The van der Waals surface area contributed by atoms with Gasteiger partial charge in [-0.15, -0.1) is 0 Å². The van der Waals surface area contributed by atoms with Gasteiger partial charge in [0.2, 0.25) is 0 Å². The molecule has 0 atom stereocenters. The van der Waals surface area contributed by atoms with Crippen LogP contribution in [-0.4, -0.2) is 29.2 Å². The van der Waals surface area contributed by atoms with Gasteiger partial charge in [0.25, 0.3) is 11.8 Å². The highest BCUT2D eigenvalue weighted by Crippen LogP contribution is 2.31. The minimum Gasteiger partial charge on any atom is -0.457 e. The lowest BCUT2D eigenvalue weighted by atomic mass is 9.94. The average molecular weight is 402 g/mol. The monoisotopic (exact) mass is 402 g/mol. The van der Waals surface area contributed by atoms with Gasteiger partial charge in [-0.3, -0.25) is 14.5 Å². The van der Waals surface area contributed by atoms with Gasteiger partial charge in [0.1, 0.15) is 29.8 Å². The van der Waals surface area contributed by atoms with Gasteiger partial charge < -0.3 is 9.15 Å². The van der Waals surface area contributed by atoms with Crippen LogP contribution in [0.1, 0.15) is 41.9 Å². The molecule has 2 aliphatic rings. The third kappa shape index (κ3) is 3.12. The van der Waals surface area contributed by atoms with Gasteiger partial charge in [-0.05, 0) is 43.2 Å². The SMILES string of the molecule is CCCN1C(=O)C(C#N)=C(C)/C(=C/c2ccc(-c3ccc4c(c3)C(=O)OC4)o2)C1=O. The molecule has 30 heavy (non-hydrogen) atoms. The molecule has 0 radical (unpaired) electrons. The van der Waals surface area contributed by atoms with Gasteiger partial charge in [-0.2, -0.15) is 5.26 Å². The molecule has 0 saturated carbocycles. The summed E-state index contributed by atoms with van der Waals surface area (Å²) in [5.41, 5.74) is 2.59. The molecule has 2 aromatic rings. The predicted molar refractivity (Wildman–Crippen MR) is 107 cm³/mol. The second-order valence-electron chi connectivity index (χ2n) is 7.08. The summed E-state index contributed by atoms with van der Waals surface area (Å²) in [6.07, 6.45) is 2.13. The highest BCUT2D eigenvalue weighted by molar-refractivity contribution is 6.19. The van der Waals surface area contributed by atoms with Gasteiger partial charge in [0.15, 0.2) is 0 Å². The first kappa shape index (κ1) is 19.4. The van der Waals surface area contributed by atoms with Crippen LogP contribution in [0.3, 0.4) is 0 Å². The summed E-state index contributed by atoms with van der Waals surface area (Å²) in [5.74, 6) is -0.449. The van der Waals surface area contributed by atoms with Crippen LogP contribution in [0.2, 0.25) is 0 Å². The quantitative estimate of drug-likeness (QED) is 0.440. The predicted octanol–water partition coefficient (Wildman–Crippen LogP) is 3.62. The number of rotatable bonds is 4. The molecule has 2 amide bonds. The van der Waals surface area contributed by atoms with Crippen molar-refractivity contribution in [3.63, 3.8) is 0 Å². The summed E-state index contributed by atoms with van der Waals surface area (Å²) < 4.78 is 10.9. The highest BCUT2D eigenvalue weighted by Gasteiger charge is 2.35. The molecule has 7 nitrogen and oxygen atoms in total. The van der Waals surface area contributed by atoms with Crippen LogP contribution in [0.15, 0.2) is 51.5 Å². The fraction of sp³-hybridized carbons (Fsp3) is 0.217. The van der Waals surface area contributed by atoms with E-state index in [1.54, 1.807) is 25.1 Å². The number of furan rings is 1. The first-order chi connectivity index (χ1) is 14.4. The highest BCUT2D eigenvalue weighted by atomic mass is 16.5. The Hall–Kier alpha value is -3.92. The second-order valence-corrected chi connectivity index (χ2v) is 7.08. The summed E-state index contributed by atoms with van der Waals surface area (Å²) in [6.45, 7) is 3.94. The number of amides is 2. The Morgan fingerprint density at radius 2 is 1.97 bits per heavy atom. The van der Waals surface area contributed by atoms with E-state index in [0.29, 0.717) is 34.6 Å². The number of nitriles is 1. The molecule has 0 saturated heterocycles. The number of esters is 1. The topological polar surface area (TPSA) is 101 Å². The standard InChI is InChI=1S/C23H18N2O5/c1-3-8-25-21(26)17(13(2)19(11-24)22(25)27)10-16-6-7-20(30-16)14-4-5-15-12-29-23(28)18(15)9-14/h4-7,9-10H,3,8,12H2,1-2H3/b17-10-. The van der Waals surface area contributed by atoms with E-state index in [1.165, 1.54) is 6.08 Å². The van der Waals surface area contributed by atoms with Crippen LogP contribution in [0.5, 0.6) is 0 Å². The zero-order valence-electron chi connectivity index (χ0n) is 16.5. The van der Waals surface area contributed by atoms with Gasteiger partial charge in [0, 0.05) is 23.2 Å². The molecule has 4 rings (SSSR count). The van der Waals surface area contributed by atoms with E-state index in [1.807, 2.05) is 25.1 Å². The van der Waals surface area contributed by atoms with Crippen molar-refractivity contribution >= 4 is 23.9 Å². The van der Waals surface area contributed by atoms with Crippen LogP contribution in [0.4, 0.5) is 0 Å². The number of carbonyl (C=O) groups is 3. The van der Waals surface area contributed by atoms with Crippen molar-refractivity contribution < 1.29 is 23.5 Å². The first-order valence-electron chi connectivity index (χ1n) is 9.54. The second kappa shape index (κ2) is 7.48. The number of hydrogen-bond donors (Lipinski definition) is 0. The van der Waals surface area contributed by atoms with Gasteiger partial charge in [-0.1, -0.05) is 19.1 Å². The zero-order valence-corrected chi connectivity index (χ0v) is 16.5. The maximum absolute atomic E-state index is 12.8. The van der Waals surface area contributed by atoms with E-state index < -0.39 is 11.8 Å². The summed E-state index contributed by atoms with van der Waals surface area (Å²) in [7, 11) is 0. The summed E-state index contributed by atoms with van der Waals surface area (Å²) >= 11 is 0. The van der Waals surface area contributed by atoms with Crippen LogP contribution in [0, 0.1) is 11.3 Å². The molecule has 0 fully saturated rings. The molecule has 0 aliphatic carbocycles. The van der Waals surface area contributed by atoms with Crippen LogP contribution < -0.4 is 0 Å². The normalized spacial score (nSPS) is 17.4. The minimum absolute atomic E-state index is 0.0433. The van der Waals surface area contributed by atoms with E-state index in [4.69, 9.17) is 9.15 Å². The Kier molecular flexibility index (Phi) is 4.84. The fourth-order valence-electron chi connectivity index (χ4n) is 3.55. The van der Waals surface area contributed by atoms with Gasteiger partial charge in [0.05, 0.1) is 5.56 Å². The molecule has 1 aromatic carbocycles. The molecule has 0 unspecified atom stereocenters. The molecular formula is C23H18N2O5. The van der Waals surface area contributed by atoms with E-state index in [2.05, 4.69) is 0 Å². The number of nitrogens with zero attached hydrogens (tertiary/aromatic N) is 2. The minimum atomic E-state index is -0.566. The van der Waals surface area contributed by atoms with Crippen molar-refractivity contribution in [1.82, 2.24) is 4.90 Å². The lowest BCUT2D eigenvalue weighted by Crippen LogP contribution is -2.43. The fourth-order valence-corrected chi connectivity index (χ4v) is 3.55. The number of imide groups is 1. The van der Waals surface area contributed by atoms with Crippen molar-refractivity contribution in [3.05, 3.63) is 63.9 Å². The average Bonchev–Trinajstić information content (AvgIpc) is 3.36. The summed E-state index contributed by atoms with van der Waals surface area (Å²) in [5, 5.41) is 9.38. The number of ether oxygens (including phenoxy) is 1. The molecule has 0 bridgehead atoms. The first-order valence-corrected chi connectivity index (χ1v) is 9.54. The molecule has 0 N–H and O–H groups in total. The van der Waals surface area contributed by atoms with Gasteiger partial charge in [-0.25, -0.2) is 4.79 Å². The molecule has 0 spiro atoms. The Balaban J connectivity index is 1.71. The lowest BCUT2D eigenvalue weighted by Gasteiger charge is -2.26. The van der Waals surface area contributed by atoms with Crippen LogP contribution in [0.25, 0.3) is 17.4 Å². The van der Waals surface area contributed by atoms with Crippen LogP contribution in [-0.2, 0) is 20.9 Å². The third-order valence-corrected chi connectivity index (χ3v) is 5.16. The zero-order chi connectivity index (χ0) is 21.4. The van der Waals surface area contributed by atoms with Crippen molar-refractivity contribution in [3.8, 4) is 17.4 Å². The number of cyclic esters (lactones) is 1. The van der Waals surface area contributed by atoms with Crippen molar-refractivity contribution in [2.24, 2.45) is 0 Å². The van der Waals surface area contributed by atoms with Crippen molar-refractivity contribution in [2.45, 2.75) is 26.9 Å². The molecule has 3 heterocycles. The van der Waals surface area contributed by atoms with E-state index in [9.17, 15) is 19.6 Å². The number of carbonyl (C=O) groups excluding carboxylic acids is 3. The largest absolute Gasteiger partial charge is 0.457 e. The molecule has 7 heteroatoms. The Bertz CT molecular complexity index is 1190.